The molecule has 2 unspecified atom stereocenters. The Labute approximate surface area is 204 Å². The number of aromatic nitrogens is 2. The third kappa shape index (κ3) is 4.06. The van der Waals surface area contributed by atoms with E-state index in [1.807, 2.05) is 11.8 Å². The number of β-amino-alcohol motifs (C(OH)–C–C–N with tert-alkyl or cyclic N) is 1. The number of nitrogens with one attached hydrogen (secondary N) is 1. The van der Waals surface area contributed by atoms with Crippen molar-refractivity contribution >= 4 is 40.8 Å². The van der Waals surface area contributed by atoms with E-state index in [0.29, 0.717) is 36.7 Å². The molecule has 0 saturated carbocycles. The van der Waals surface area contributed by atoms with Crippen LogP contribution in [0, 0.1) is 0 Å². The molecule has 13 heteroatoms. The monoisotopic (exact) mass is 512 g/mol. The van der Waals surface area contributed by atoms with Gasteiger partial charge >= 0.3 is 0 Å². The molecule has 1 aromatic rings. The number of aliphatic hydroxyl groups is 2. The van der Waals surface area contributed by atoms with E-state index in [2.05, 4.69) is 20.3 Å². The van der Waals surface area contributed by atoms with Gasteiger partial charge in [0.05, 0.1) is 53.6 Å². The lowest BCUT2D eigenvalue weighted by atomic mass is 9.89. The minimum atomic E-state index is -0.854. The maximum atomic E-state index is 15.2. The number of hydrogen-bond acceptors (Lipinski definition) is 9. The predicted molar refractivity (Wildman–Crippen MR) is 126 cm³/mol. The molecule has 3 N–H and O–H groups in total. The Morgan fingerprint density at radius 3 is 2.94 bits per heavy atom. The summed E-state index contributed by atoms with van der Waals surface area (Å²) in [7, 11) is 0. The van der Waals surface area contributed by atoms with Crippen molar-refractivity contribution in [3.8, 4) is 0 Å². The lowest BCUT2D eigenvalue weighted by Gasteiger charge is -2.45. The van der Waals surface area contributed by atoms with Crippen molar-refractivity contribution in [1.82, 2.24) is 19.2 Å². The average molecular weight is 513 g/mol. The summed E-state index contributed by atoms with van der Waals surface area (Å²) in [5.74, 6) is 0.124. The van der Waals surface area contributed by atoms with Crippen LogP contribution in [0.3, 0.4) is 0 Å². The summed E-state index contributed by atoms with van der Waals surface area (Å²) < 4.78 is 34.0. The van der Waals surface area contributed by atoms with Crippen LogP contribution in [0.2, 0.25) is 5.02 Å². The molecule has 5 rings (SSSR count). The van der Waals surface area contributed by atoms with E-state index in [4.69, 9.17) is 16.3 Å². The van der Waals surface area contributed by atoms with Gasteiger partial charge in [-0.2, -0.15) is 0 Å². The van der Waals surface area contributed by atoms with E-state index in [9.17, 15) is 14.4 Å². The third-order valence-corrected chi connectivity index (χ3v) is 7.44. The van der Waals surface area contributed by atoms with Gasteiger partial charge in [-0.1, -0.05) is 11.6 Å². The van der Waals surface area contributed by atoms with E-state index in [0.717, 1.165) is 0 Å². The van der Waals surface area contributed by atoms with Gasteiger partial charge < -0.3 is 25.2 Å². The number of nitrogens with zero attached hydrogens (tertiary/aromatic N) is 5. The molecule has 1 aromatic heterocycles. The number of ether oxygens (including phenoxy) is 1. The number of allylic oxidation sites excluding steroid dienone is 2. The molecule has 1 aliphatic carbocycles. The highest BCUT2D eigenvalue weighted by Crippen LogP contribution is 2.44. The minimum absolute atomic E-state index is 0.0989. The van der Waals surface area contributed by atoms with E-state index >= 15 is 4.39 Å². The van der Waals surface area contributed by atoms with Crippen molar-refractivity contribution in [2.45, 2.75) is 56.7 Å². The number of aliphatic hydroxyl groups excluding tert-OH is 2. The van der Waals surface area contributed by atoms with Crippen LogP contribution in [0.1, 0.15) is 26.0 Å². The Kier molecular flexibility index (Phi) is 6.46. The van der Waals surface area contributed by atoms with Gasteiger partial charge in [-0.05, 0) is 26.3 Å². The first-order valence-corrected chi connectivity index (χ1v) is 12.3. The zero-order valence-corrected chi connectivity index (χ0v) is 20.2. The van der Waals surface area contributed by atoms with Crippen LogP contribution in [-0.4, -0.2) is 95.6 Å². The second kappa shape index (κ2) is 9.25. The SMILES string of the molecule is C[C@@H](O)C1=NC2=C(F)C=C(c3nc(N[C@@H]4CCN([SH]=O)C[C@H]4O)ncc3Cl)C3OC[C@H](C)N1C23. The standard InChI is InChI=1S/C21H26ClFN6O4S/c1-9-8-33-19-11(5-13(23)17-18(19)29(9)20(26-17)10(2)30)16-12(22)6-24-21(27-16)25-14-3-4-28(34-32)7-15(14)31/h5-6,9-10,14-15,18-19,30-31,34H,3-4,7-8H2,1-2H3,(H,24,25,27)/t9-,10+,14+,15+,18?,19?/m0/s1. The Morgan fingerprint density at radius 1 is 1.44 bits per heavy atom. The summed E-state index contributed by atoms with van der Waals surface area (Å²) in [6.45, 7) is 4.70. The van der Waals surface area contributed by atoms with Gasteiger partial charge in [0.15, 0.2) is 0 Å². The topological polar surface area (TPSA) is 123 Å². The smallest absolute Gasteiger partial charge is 0.223 e. The Morgan fingerprint density at radius 2 is 2.24 bits per heavy atom. The molecule has 3 aliphatic heterocycles. The number of piperidine rings is 1. The number of rotatable bonds is 5. The molecule has 0 bridgehead atoms. The van der Waals surface area contributed by atoms with Crippen LogP contribution in [0.25, 0.3) is 5.57 Å². The number of aliphatic imine (C=N–C) groups is 1. The van der Waals surface area contributed by atoms with Crippen molar-refractivity contribution in [3.05, 3.63) is 34.5 Å². The maximum Gasteiger partial charge on any atom is 0.223 e. The molecule has 0 amide bonds. The third-order valence-electron chi connectivity index (χ3n) is 6.57. The van der Waals surface area contributed by atoms with Gasteiger partial charge in [-0.15, -0.1) is 0 Å². The zero-order valence-electron chi connectivity index (χ0n) is 18.6. The second-order valence-electron chi connectivity index (χ2n) is 8.93. The molecule has 2 saturated heterocycles. The first kappa shape index (κ1) is 23.8. The highest BCUT2D eigenvalue weighted by Gasteiger charge is 2.50. The summed E-state index contributed by atoms with van der Waals surface area (Å²) in [6, 6.07) is -0.971. The van der Waals surface area contributed by atoms with Crippen LogP contribution in [0.15, 0.2) is 28.8 Å². The molecule has 184 valence electrons. The average Bonchev–Trinajstić information content (AvgIpc) is 3.23. The maximum absolute atomic E-state index is 15.2. The normalized spacial score (nSPS) is 32.3. The molecular formula is C21H26ClFN6O4S. The fourth-order valence-electron chi connectivity index (χ4n) is 4.95. The van der Waals surface area contributed by atoms with E-state index in [1.54, 1.807) is 11.2 Å². The largest absolute Gasteiger partial charge is 0.390 e. The molecule has 2 fully saturated rings. The van der Waals surface area contributed by atoms with Crippen LogP contribution >= 0.6 is 11.6 Å². The van der Waals surface area contributed by atoms with Crippen LogP contribution in [0.5, 0.6) is 0 Å². The molecule has 0 radical (unpaired) electrons. The lowest BCUT2D eigenvalue weighted by molar-refractivity contribution is -0.0309. The first-order chi connectivity index (χ1) is 16.3. The quantitative estimate of drug-likeness (QED) is 0.424. The van der Waals surface area contributed by atoms with Crippen molar-refractivity contribution < 1.29 is 23.5 Å². The molecule has 4 aliphatic rings. The highest BCUT2D eigenvalue weighted by molar-refractivity contribution is 7.63. The summed E-state index contributed by atoms with van der Waals surface area (Å²) in [5, 5.41) is 24.0. The van der Waals surface area contributed by atoms with Crippen molar-refractivity contribution in [2.24, 2.45) is 4.99 Å². The van der Waals surface area contributed by atoms with Crippen LogP contribution in [0.4, 0.5) is 10.3 Å². The Bertz CT molecular complexity index is 1100. The van der Waals surface area contributed by atoms with Crippen molar-refractivity contribution in [3.63, 3.8) is 0 Å². The summed E-state index contributed by atoms with van der Waals surface area (Å²) in [6.07, 6.45) is 1.10. The van der Waals surface area contributed by atoms with Crippen molar-refractivity contribution in [1.29, 1.82) is 0 Å². The Hall–Kier alpha value is -1.96. The van der Waals surface area contributed by atoms with E-state index in [1.165, 1.54) is 12.3 Å². The molecule has 4 heterocycles. The first-order valence-electron chi connectivity index (χ1n) is 11.1. The number of morpholine rings is 1. The van der Waals surface area contributed by atoms with Gasteiger partial charge in [0, 0.05) is 18.7 Å². The molecule has 34 heavy (non-hydrogen) atoms. The van der Waals surface area contributed by atoms with Crippen LogP contribution < -0.4 is 5.32 Å². The van der Waals surface area contributed by atoms with E-state index in [-0.39, 0.29) is 47.1 Å². The molecule has 0 aromatic carbocycles. The van der Waals surface area contributed by atoms with Gasteiger partial charge in [-0.25, -0.2) is 27.9 Å². The Balaban J connectivity index is 1.47. The number of amidine groups is 1. The fourth-order valence-corrected chi connectivity index (χ4v) is 5.58. The summed E-state index contributed by atoms with van der Waals surface area (Å²) >= 11 is 6.33. The fraction of sp³-hybridized carbons (Fsp3) is 0.571. The van der Waals surface area contributed by atoms with Crippen molar-refractivity contribution in [2.75, 3.05) is 25.0 Å². The minimum Gasteiger partial charge on any atom is -0.390 e. The molecule has 0 spiro atoms. The predicted octanol–water partition coefficient (Wildman–Crippen LogP) is 0.666. The summed E-state index contributed by atoms with van der Waals surface area (Å²) in [5.41, 5.74) is 1.01. The lowest BCUT2D eigenvalue weighted by Crippen LogP contribution is -2.58. The number of hydrogen-bond donors (Lipinski definition) is 4. The number of anilines is 1. The van der Waals surface area contributed by atoms with E-state index < -0.39 is 30.2 Å². The van der Waals surface area contributed by atoms with Gasteiger partial charge in [0.2, 0.25) is 5.95 Å². The molecular weight excluding hydrogens is 487 g/mol. The van der Waals surface area contributed by atoms with Crippen LogP contribution in [-0.2, 0) is 16.6 Å². The van der Waals surface area contributed by atoms with Gasteiger partial charge in [-0.3, -0.25) is 0 Å². The number of halogens is 2. The molecule has 6 atom stereocenters. The number of thiol groups is 1. The highest BCUT2D eigenvalue weighted by atomic mass is 35.5. The zero-order chi connectivity index (χ0) is 24.1. The second-order valence-corrected chi connectivity index (χ2v) is 10.1. The van der Waals surface area contributed by atoms with Gasteiger partial charge in [0.25, 0.3) is 0 Å². The molecule has 10 nitrogen and oxygen atoms in total. The summed E-state index contributed by atoms with van der Waals surface area (Å²) in [4.78, 5) is 15.1. The van der Waals surface area contributed by atoms with Gasteiger partial charge in [0.1, 0.15) is 35.6 Å².